The molecule has 20 heavy (non-hydrogen) atoms. The highest BCUT2D eigenvalue weighted by molar-refractivity contribution is 6.42. The van der Waals surface area contributed by atoms with Crippen molar-refractivity contribution < 1.29 is 4.79 Å². The zero-order chi connectivity index (χ0) is 14.5. The van der Waals surface area contributed by atoms with E-state index in [0.717, 1.165) is 11.1 Å². The molecule has 0 saturated carbocycles. The summed E-state index contributed by atoms with van der Waals surface area (Å²) in [5.74, 6) is -0.347. The predicted octanol–water partition coefficient (Wildman–Crippen LogP) is 4.51. The smallest absolute Gasteiger partial charge is 0.238 e. The summed E-state index contributed by atoms with van der Waals surface area (Å²) in [5, 5.41) is 12.2. The Morgan fingerprint density at radius 1 is 1.15 bits per heavy atom. The molecule has 0 aliphatic rings. The maximum Gasteiger partial charge on any atom is 0.238 e. The lowest BCUT2D eigenvalue weighted by atomic mass is 10.0. The van der Waals surface area contributed by atoms with Crippen LogP contribution in [0.25, 0.3) is 11.1 Å². The lowest BCUT2D eigenvalue weighted by Crippen LogP contribution is -2.10. The summed E-state index contributed by atoms with van der Waals surface area (Å²) in [7, 11) is 0. The molecule has 0 heterocycles. The molecule has 0 fully saturated rings. The second-order valence-corrected chi connectivity index (χ2v) is 4.87. The number of carbonyl (C=O) groups is 1. The average Bonchev–Trinajstić information content (AvgIpc) is 2.43. The summed E-state index contributed by atoms with van der Waals surface area (Å²) in [6.45, 7) is 0. The van der Waals surface area contributed by atoms with Crippen LogP contribution < -0.4 is 5.32 Å². The number of amides is 1. The maximum atomic E-state index is 11.5. The van der Waals surface area contributed by atoms with Crippen molar-refractivity contribution in [3.05, 3.63) is 52.5 Å². The minimum Gasteiger partial charge on any atom is -0.325 e. The SMILES string of the molecule is N#CCC(=O)Nc1ccccc1-c1ccc(Cl)c(Cl)c1. The van der Waals surface area contributed by atoms with Crippen molar-refractivity contribution in [2.45, 2.75) is 6.42 Å². The van der Waals surface area contributed by atoms with Crippen LogP contribution >= 0.6 is 23.2 Å². The number of nitrogens with zero attached hydrogens (tertiary/aromatic N) is 1. The summed E-state index contributed by atoms with van der Waals surface area (Å²) in [4.78, 5) is 11.5. The molecular formula is C15H10Cl2N2O. The van der Waals surface area contributed by atoms with Gasteiger partial charge in [-0.15, -0.1) is 0 Å². The van der Waals surface area contributed by atoms with Crippen LogP contribution in [0.5, 0.6) is 0 Å². The van der Waals surface area contributed by atoms with Crippen LogP contribution in [0.2, 0.25) is 10.0 Å². The molecule has 0 bridgehead atoms. The monoisotopic (exact) mass is 304 g/mol. The fourth-order valence-electron chi connectivity index (χ4n) is 1.77. The van der Waals surface area contributed by atoms with Crippen molar-refractivity contribution >= 4 is 34.8 Å². The second kappa shape index (κ2) is 6.42. The van der Waals surface area contributed by atoms with E-state index in [1.165, 1.54) is 0 Å². The van der Waals surface area contributed by atoms with Crippen molar-refractivity contribution in [2.75, 3.05) is 5.32 Å². The van der Waals surface area contributed by atoms with Crippen molar-refractivity contribution in [2.24, 2.45) is 0 Å². The second-order valence-electron chi connectivity index (χ2n) is 4.06. The number of nitrogens with one attached hydrogen (secondary N) is 1. The zero-order valence-corrected chi connectivity index (χ0v) is 11.9. The van der Waals surface area contributed by atoms with E-state index < -0.39 is 0 Å². The Morgan fingerprint density at radius 3 is 2.60 bits per heavy atom. The Bertz CT molecular complexity index is 693. The van der Waals surface area contributed by atoms with Gasteiger partial charge in [0.15, 0.2) is 0 Å². The topological polar surface area (TPSA) is 52.9 Å². The maximum absolute atomic E-state index is 11.5. The van der Waals surface area contributed by atoms with Crippen molar-refractivity contribution in [1.29, 1.82) is 5.26 Å². The zero-order valence-electron chi connectivity index (χ0n) is 10.4. The number of benzene rings is 2. The number of carbonyl (C=O) groups excluding carboxylic acids is 1. The van der Waals surface area contributed by atoms with Gasteiger partial charge in [-0.2, -0.15) is 5.26 Å². The molecule has 0 spiro atoms. The average molecular weight is 305 g/mol. The lowest BCUT2D eigenvalue weighted by molar-refractivity contribution is -0.115. The van der Waals surface area contributed by atoms with E-state index in [9.17, 15) is 4.79 Å². The van der Waals surface area contributed by atoms with Gasteiger partial charge in [0.1, 0.15) is 6.42 Å². The van der Waals surface area contributed by atoms with Gasteiger partial charge < -0.3 is 5.32 Å². The van der Waals surface area contributed by atoms with Gasteiger partial charge in [-0.1, -0.05) is 47.5 Å². The number of rotatable bonds is 3. The molecular weight excluding hydrogens is 295 g/mol. The number of para-hydroxylation sites is 1. The third kappa shape index (κ3) is 3.30. The fourth-order valence-corrected chi connectivity index (χ4v) is 2.07. The first-order valence-electron chi connectivity index (χ1n) is 5.83. The molecule has 0 radical (unpaired) electrons. The summed E-state index contributed by atoms with van der Waals surface area (Å²) in [5.41, 5.74) is 2.29. The molecule has 0 aliphatic heterocycles. The highest BCUT2D eigenvalue weighted by atomic mass is 35.5. The van der Waals surface area contributed by atoms with E-state index in [1.54, 1.807) is 18.2 Å². The van der Waals surface area contributed by atoms with Crippen molar-refractivity contribution in [3.8, 4) is 17.2 Å². The van der Waals surface area contributed by atoms with Crippen LogP contribution in [-0.2, 0) is 4.79 Å². The lowest BCUT2D eigenvalue weighted by Gasteiger charge is -2.11. The molecule has 0 unspecified atom stereocenters. The van der Waals surface area contributed by atoms with Gasteiger partial charge in [0.25, 0.3) is 0 Å². The summed E-state index contributed by atoms with van der Waals surface area (Å²) < 4.78 is 0. The summed E-state index contributed by atoms with van der Waals surface area (Å²) >= 11 is 11.9. The number of nitriles is 1. The number of halogens is 2. The van der Waals surface area contributed by atoms with Gasteiger partial charge in [0.05, 0.1) is 16.1 Å². The van der Waals surface area contributed by atoms with Gasteiger partial charge in [0, 0.05) is 11.3 Å². The van der Waals surface area contributed by atoms with E-state index in [-0.39, 0.29) is 12.3 Å². The van der Waals surface area contributed by atoms with Crippen LogP contribution in [0.4, 0.5) is 5.69 Å². The van der Waals surface area contributed by atoms with Crippen LogP contribution in [0.3, 0.4) is 0 Å². The number of hydrogen-bond acceptors (Lipinski definition) is 2. The molecule has 2 aromatic carbocycles. The fraction of sp³-hybridized carbons (Fsp3) is 0.0667. The van der Waals surface area contributed by atoms with E-state index in [0.29, 0.717) is 15.7 Å². The minimum atomic E-state index is -0.347. The molecule has 1 amide bonds. The largest absolute Gasteiger partial charge is 0.325 e. The van der Waals surface area contributed by atoms with Gasteiger partial charge in [-0.25, -0.2) is 0 Å². The van der Waals surface area contributed by atoms with Gasteiger partial charge >= 0.3 is 0 Å². The first kappa shape index (κ1) is 14.4. The first-order valence-corrected chi connectivity index (χ1v) is 6.58. The normalized spacial score (nSPS) is 9.85. The van der Waals surface area contributed by atoms with Crippen LogP contribution in [0, 0.1) is 11.3 Å². The van der Waals surface area contributed by atoms with Crippen LogP contribution in [0.1, 0.15) is 6.42 Å². The predicted molar refractivity (Wildman–Crippen MR) is 80.8 cm³/mol. The van der Waals surface area contributed by atoms with Gasteiger partial charge in [0.2, 0.25) is 5.91 Å². The number of anilines is 1. The third-order valence-electron chi connectivity index (χ3n) is 2.67. The Balaban J connectivity index is 2.39. The number of hydrogen-bond donors (Lipinski definition) is 1. The quantitative estimate of drug-likeness (QED) is 0.907. The van der Waals surface area contributed by atoms with Crippen LogP contribution in [0.15, 0.2) is 42.5 Å². The molecule has 0 aromatic heterocycles. The van der Waals surface area contributed by atoms with E-state index in [4.69, 9.17) is 28.5 Å². The van der Waals surface area contributed by atoms with E-state index in [2.05, 4.69) is 5.32 Å². The molecule has 0 saturated heterocycles. The minimum absolute atomic E-state index is 0.185. The van der Waals surface area contributed by atoms with Gasteiger partial charge in [-0.05, 0) is 23.8 Å². The van der Waals surface area contributed by atoms with Crippen molar-refractivity contribution in [1.82, 2.24) is 0 Å². The summed E-state index contributed by atoms with van der Waals surface area (Å²) in [6, 6.07) is 14.4. The highest BCUT2D eigenvalue weighted by Gasteiger charge is 2.09. The first-order chi connectivity index (χ1) is 9.61. The Morgan fingerprint density at radius 2 is 1.90 bits per heavy atom. The molecule has 3 nitrogen and oxygen atoms in total. The highest BCUT2D eigenvalue weighted by Crippen LogP contribution is 2.32. The van der Waals surface area contributed by atoms with Crippen molar-refractivity contribution in [3.63, 3.8) is 0 Å². The van der Waals surface area contributed by atoms with Crippen LogP contribution in [-0.4, -0.2) is 5.91 Å². The Labute approximate surface area is 126 Å². The molecule has 5 heteroatoms. The molecule has 0 aliphatic carbocycles. The molecule has 1 N–H and O–H groups in total. The molecule has 2 aromatic rings. The van der Waals surface area contributed by atoms with Gasteiger partial charge in [-0.3, -0.25) is 4.79 Å². The summed E-state index contributed by atoms with van der Waals surface area (Å²) in [6.07, 6.45) is -0.185. The van der Waals surface area contributed by atoms with E-state index >= 15 is 0 Å². The van der Waals surface area contributed by atoms with E-state index in [1.807, 2.05) is 30.3 Å². The third-order valence-corrected chi connectivity index (χ3v) is 3.41. The molecule has 0 atom stereocenters. The Hall–Kier alpha value is -2.02. The molecule has 2 rings (SSSR count). The Kier molecular flexibility index (Phi) is 4.62. The molecule has 100 valence electrons. The standard InChI is InChI=1S/C15H10Cl2N2O/c16-12-6-5-10(9-13(12)17)11-3-1-2-4-14(11)19-15(20)7-8-18/h1-6,9H,7H2,(H,19,20).